The average molecular weight is 452 g/mol. The van der Waals surface area contributed by atoms with Crippen LogP contribution in [0.4, 0.5) is 5.69 Å². The van der Waals surface area contributed by atoms with Crippen LogP contribution in [0.1, 0.15) is 10.4 Å². The fourth-order valence-corrected chi connectivity index (χ4v) is 3.42. The highest BCUT2D eigenvalue weighted by molar-refractivity contribution is 6.33. The number of pyridine rings is 2. The van der Waals surface area contributed by atoms with Crippen LogP contribution in [0.25, 0.3) is 22.2 Å². The summed E-state index contributed by atoms with van der Waals surface area (Å²) in [6.07, 6.45) is 1.50. The molecule has 2 aromatic carbocycles. The molecule has 6 nitrogen and oxygen atoms in total. The number of nitrogens with zero attached hydrogens (tertiary/aromatic N) is 2. The van der Waals surface area contributed by atoms with Crippen molar-refractivity contribution in [1.29, 1.82) is 0 Å². The molecule has 4 aromatic rings. The van der Waals surface area contributed by atoms with Crippen LogP contribution in [0.3, 0.4) is 0 Å². The minimum atomic E-state index is -0.653. The van der Waals surface area contributed by atoms with Crippen LogP contribution in [0.5, 0.6) is 0 Å². The van der Waals surface area contributed by atoms with Gasteiger partial charge in [0.1, 0.15) is 0 Å². The number of rotatable bonds is 5. The van der Waals surface area contributed by atoms with Crippen LogP contribution in [-0.2, 0) is 9.53 Å². The molecule has 0 unspecified atom stereocenters. The Labute approximate surface area is 187 Å². The van der Waals surface area contributed by atoms with E-state index in [0.717, 1.165) is 0 Å². The van der Waals surface area contributed by atoms with Gasteiger partial charge in [0.05, 0.1) is 22.5 Å². The van der Waals surface area contributed by atoms with Crippen LogP contribution < -0.4 is 5.32 Å². The first-order valence-corrected chi connectivity index (χ1v) is 10.0. The van der Waals surface area contributed by atoms with Crippen molar-refractivity contribution in [2.75, 3.05) is 11.9 Å². The first kappa shape index (κ1) is 20.8. The Morgan fingerprint density at radius 1 is 0.968 bits per heavy atom. The number of amides is 1. The van der Waals surface area contributed by atoms with E-state index in [2.05, 4.69) is 15.3 Å². The number of carbonyl (C=O) groups is 2. The van der Waals surface area contributed by atoms with Gasteiger partial charge in [-0.25, -0.2) is 14.8 Å². The van der Waals surface area contributed by atoms with Gasteiger partial charge in [-0.15, -0.1) is 0 Å². The highest BCUT2D eigenvalue weighted by atomic mass is 35.5. The molecule has 0 saturated heterocycles. The fourth-order valence-electron chi connectivity index (χ4n) is 3.03. The van der Waals surface area contributed by atoms with Crippen molar-refractivity contribution < 1.29 is 14.3 Å². The number of para-hydroxylation sites is 1. The Kier molecular flexibility index (Phi) is 6.11. The molecule has 1 N–H and O–H groups in total. The maximum absolute atomic E-state index is 12.8. The number of benzene rings is 2. The van der Waals surface area contributed by atoms with Crippen molar-refractivity contribution in [3.05, 3.63) is 88.7 Å². The molecule has 4 rings (SSSR count). The summed E-state index contributed by atoms with van der Waals surface area (Å²) in [7, 11) is 0. The quantitative estimate of drug-likeness (QED) is 0.324. The van der Waals surface area contributed by atoms with Crippen LogP contribution >= 0.6 is 23.2 Å². The van der Waals surface area contributed by atoms with Crippen LogP contribution in [0, 0.1) is 0 Å². The van der Waals surface area contributed by atoms with Gasteiger partial charge in [-0.2, -0.15) is 0 Å². The summed E-state index contributed by atoms with van der Waals surface area (Å²) in [5.74, 6) is -1.19. The van der Waals surface area contributed by atoms with Gasteiger partial charge in [0, 0.05) is 22.2 Å². The molecule has 0 aliphatic heterocycles. The number of hydrogen-bond acceptors (Lipinski definition) is 5. The molecule has 0 aliphatic carbocycles. The first-order chi connectivity index (χ1) is 15.0. The molecule has 0 bridgehead atoms. The minimum absolute atomic E-state index is 0.145. The number of halogens is 2. The lowest BCUT2D eigenvalue weighted by Crippen LogP contribution is -2.21. The van der Waals surface area contributed by atoms with E-state index in [1.165, 1.54) is 6.20 Å². The molecule has 2 aromatic heterocycles. The van der Waals surface area contributed by atoms with Gasteiger partial charge < -0.3 is 10.1 Å². The Morgan fingerprint density at radius 3 is 2.55 bits per heavy atom. The van der Waals surface area contributed by atoms with E-state index in [1.54, 1.807) is 42.5 Å². The molecule has 0 saturated carbocycles. The second kappa shape index (κ2) is 9.12. The van der Waals surface area contributed by atoms with E-state index in [1.807, 2.05) is 24.3 Å². The SMILES string of the molecule is O=C(COC(=O)c1cc(-c2ccccc2Cl)nc2ccccc12)Nc1cccnc1Cl. The zero-order valence-corrected chi connectivity index (χ0v) is 17.5. The molecule has 0 fully saturated rings. The second-order valence-corrected chi connectivity index (χ2v) is 7.28. The predicted molar refractivity (Wildman–Crippen MR) is 120 cm³/mol. The highest BCUT2D eigenvalue weighted by Gasteiger charge is 2.17. The molecule has 31 heavy (non-hydrogen) atoms. The molecule has 2 heterocycles. The molecule has 0 atom stereocenters. The Bertz CT molecular complexity index is 1290. The van der Waals surface area contributed by atoms with E-state index >= 15 is 0 Å². The summed E-state index contributed by atoms with van der Waals surface area (Å²) in [6, 6.07) is 19.3. The third kappa shape index (κ3) is 4.66. The smallest absolute Gasteiger partial charge is 0.339 e. The van der Waals surface area contributed by atoms with Crippen molar-refractivity contribution in [2.24, 2.45) is 0 Å². The lowest BCUT2D eigenvalue weighted by atomic mass is 10.0. The van der Waals surface area contributed by atoms with E-state index in [-0.39, 0.29) is 10.7 Å². The number of aromatic nitrogens is 2. The molecule has 8 heteroatoms. The Balaban J connectivity index is 1.59. The lowest BCUT2D eigenvalue weighted by molar-refractivity contribution is -0.119. The topological polar surface area (TPSA) is 81.2 Å². The van der Waals surface area contributed by atoms with E-state index in [9.17, 15) is 9.59 Å². The summed E-state index contributed by atoms with van der Waals surface area (Å²) in [6.45, 7) is -0.484. The highest BCUT2D eigenvalue weighted by Crippen LogP contribution is 2.30. The molecule has 1 amide bonds. The predicted octanol–water partition coefficient (Wildman–Crippen LogP) is 5.40. The Hall–Kier alpha value is -3.48. The van der Waals surface area contributed by atoms with Crippen molar-refractivity contribution in [1.82, 2.24) is 9.97 Å². The number of nitrogens with one attached hydrogen (secondary N) is 1. The van der Waals surface area contributed by atoms with Gasteiger partial charge in [-0.05, 0) is 30.3 Å². The summed E-state index contributed by atoms with van der Waals surface area (Å²) < 4.78 is 5.26. The number of carbonyl (C=O) groups excluding carboxylic acids is 2. The number of esters is 1. The average Bonchev–Trinajstić information content (AvgIpc) is 2.78. The van der Waals surface area contributed by atoms with E-state index in [4.69, 9.17) is 27.9 Å². The zero-order valence-electron chi connectivity index (χ0n) is 16.0. The van der Waals surface area contributed by atoms with Crippen molar-refractivity contribution in [3.63, 3.8) is 0 Å². The molecular formula is C23H15Cl2N3O3. The third-order valence-electron chi connectivity index (χ3n) is 4.45. The molecule has 154 valence electrons. The molecule has 0 aliphatic rings. The van der Waals surface area contributed by atoms with Gasteiger partial charge in [-0.1, -0.05) is 59.6 Å². The molecular weight excluding hydrogens is 437 g/mol. The lowest BCUT2D eigenvalue weighted by Gasteiger charge is -2.11. The monoisotopic (exact) mass is 451 g/mol. The van der Waals surface area contributed by atoms with Crippen LogP contribution in [0.15, 0.2) is 72.9 Å². The van der Waals surface area contributed by atoms with E-state index in [0.29, 0.717) is 32.9 Å². The van der Waals surface area contributed by atoms with Crippen LogP contribution in [-0.4, -0.2) is 28.5 Å². The zero-order chi connectivity index (χ0) is 21.8. The third-order valence-corrected chi connectivity index (χ3v) is 5.08. The van der Waals surface area contributed by atoms with Crippen molar-refractivity contribution in [2.45, 2.75) is 0 Å². The summed E-state index contributed by atoms with van der Waals surface area (Å²) in [4.78, 5) is 33.5. The summed E-state index contributed by atoms with van der Waals surface area (Å²) in [5.41, 5.74) is 2.45. The van der Waals surface area contributed by atoms with Crippen molar-refractivity contribution in [3.8, 4) is 11.3 Å². The normalized spacial score (nSPS) is 10.6. The van der Waals surface area contributed by atoms with Gasteiger partial charge in [0.25, 0.3) is 5.91 Å². The standard InChI is InChI=1S/C23H15Cl2N3O3/c24-17-8-3-1-7-15(17)20-12-16(14-6-2-4-9-18(14)27-20)23(30)31-13-21(29)28-19-10-5-11-26-22(19)25/h1-12H,13H2,(H,28,29). The number of hydrogen-bond donors (Lipinski definition) is 1. The van der Waals surface area contributed by atoms with Gasteiger partial charge in [0.2, 0.25) is 0 Å². The maximum Gasteiger partial charge on any atom is 0.339 e. The summed E-state index contributed by atoms with van der Waals surface area (Å²) >= 11 is 12.2. The maximum atomic E-state index is 12.8. The van der Waals surface area contributed by atoms with Gasteiger partial charge in [-0.3, -0.25) is 4.79 Å². The minimum Gasteiger partial charge on any atom is -0.452 e. The Morgan fingerprint density at radius 2 is 1.74 bits per heavy atom. The van der Waals surface area contributed by atoms with Gasteiger partial charge in [0.15, 0.2) is 11.8 Å². The number of ether oxygens (including phenoxy) is 1. The largest absolute Gasteiger partial charge is 0.452 e. The fraction of sp³-hybridized carbons (Fsp3) is 0.0435. The second-order valence-electron chi connectivity index (χ2n) is 6.52. The number of anilines is 1. The van der Waals surface area contributed by atoms with Crippen molar-refractivity contribution >= 4 is 51.7 Å². The number of fused-ring (bicyclic) bond motifs is 1. The van der Waals surface area contributed by atoms with Crippen LogP contribution in [0.2, 0.25) is 10.2 Å². The first-order valence-electron chi connectivity index (χ1n) is 9.25. The molecule has 0 spiro atoms. The molecule has 0 radical (unpaired) electrons. The summed E-state index contributed by atoms with van der Waals surface area (Å²) in [5, 5.41) is 3.83. The van der Waals surface area contributed by atoms with Gasteiger partial charge >= 0.3 is 5.97 Å². The van der Waals surface area contributed by atoms with E-state index < -0.39 is 18.5 Å².